The van der Waals surface area contributed by atoms with Crippen molar-refractivity contribution in [3.05, 3.63) is 0 Å². The topological polar surface area (TPSA) is 76.7 Å². The third-order valence-electron chi connectivity index (χ3n) is 4.78. The van der Waals surface area contributed by atoms with Crippen LogP contribution in [0.25, 0.3) is 0 Å². The number of ether oxygens (including phenoxy) is 2. The van der Waals surface area contributed by atoms with Gasteiger partial charge in [-0.2, -0.15) is 0 Å². The van der Waals surface area contributed by atoms with E-state index in [-0.39, 0.29) is 23.3 Å². The van der Waals surface area contributed by atoms with E-state index in [2.05, 4.69) is 5.32 Å². The summed E-state index contributed by atoms with van der Waals surface area (Å²) in [5, 5.41) is 12.5. The van der Waals surface area contributed by atoms with Gasteiger partial charge in [-0.25, -0.2) is 0 Å². The van der Waals surface area contributed by atoms with Crippen LogP contribution in [0.15, 0.2) is 0 Å². The van der Waals surface area contributed by atoms with Crippen LogP contribution in [-0.4, -0.2) is 54.8 Å². The Morgan fingerprint density at radius 1 is 1.24 bits per heavy atom. The molecule has 0 radical (unpaired) electrons. The molecule has 98 valence electrons. The van der Waals surface area contributed by atoms with E-state index in [1.54, 1.807) is 0 Å². The van der Waals surface area contributed by atoms with Crippen LogP contribution in [0.1, 0.15) is 25.7 Å². The zero-order chi connectivity index (χ0) is 12.0. The van der Waals surface area contributed by atoms with Gasteiger partial charge in [0.25, 0.3) is 0 Å². The molecule has 0 atom stereocenters. The molecule has 0 amide bonds. The first-order valence-electron chi connectivity index (χ1n) is 6.54. The van der Waals surface area contributed by atoms with Gasteiger partial charge in [-0.15, -0.1) is 0 Å². The minimum absolute atomic E-state index is 0.0267. The van der Waals surface area contributed by atoms with Crippen molar-refractivity contribution in [1.82, 2.24) is 5.32 Å². The fraction of sp³-hybridized carbons (Fsp3) is 1.00. The van der Waals surface area contributed by atoms with E-state index in [9.17, 15) is 0 Å². The molecule has 5 heteroatoms. The summed E-state index contributed by atoms with van der Waals surface area (Å²) in [7, 11) is 0. The van der Waals surface area contributed by atoms with E-state index in [4.69, 9.17) is 20.3 Å². The highest BCUT2D eigenvalue weighted by Crippen LogP contribution is 2.63. The van der Waals surface area contributed by atoms with E-state index >= 15 is 0 Å². The molecule has 4 aliphatic rings. The van der Waals surface area contributed by atoms with Gasteiger partial charge in [0, 0.05) is 39.1 Å². The molecule has 0 unspecified atom stereocenters. The van der Waals surface area contributed by atoms with Gasteiger partial charge in [0.2, 0.25) is 0 Å². The summed E-state index contributed by atoms with van der Waals surface area (Å²) in [4.78, 5) is 0. The van der Waals surface area contributed by atoms with E-state index in [1.807, 2.05) is 0 Å². The number of aliphatic hydroxyl groups is 1. The van der Waals surface area contributed by atoms with Crippen molar-refractivity contribution < 1.29 is 14.6 Å². The van der Waals surface area contributed by atoms with Crippen molar-refractivity contribution in [3.8, 4) is 0 Å². The Morgan fingerprint density at radius 2 is 1.94 bits per heavy atom. The lowest BCUT2D eigenvalue weighted by atomic mass is 9.60. The molecule has 4 fully saturated rings. The van der Waals surface area contributed by atoms with Crippen LogP contribution in [0.3, 0.4) is 0 Å². The largest absolute Gasteiger partial charge is 0.395 e. The fourth-order valence-electron chi connectivity index (χ4n) is 4.00. The minimum Gasteiger partial charge on any atom is -0.395 e. The third kappa shape index (κ3) is 1.50. The second kappa shape index (κ2) is 3.90. The van der Waals surface area contributed by atoms with Gasteiger partial charge in [0.15, 0.2) is 0 Å². The Hall–Kier alpha value is -0.200. The minimum atomic E-state index is -0.111. The number of hydrogen-bond acceptors (Lipinski definition) is 5. The second-order valence-corrected chi connectivity index (χ2v) is 5.68. The summed E-state index contributed by atoms with van der Waals surface area (Å²) in [6, 6.07) is 0. The molecule has 3 aliphatic heterocycles. The molecule has 5 nitrogen and oxygen atoms in total. The molecule has 2 bridgehead atoms. The Bertz CT molecular complexity index is 296. The summed E-state index contributed by atoms with van der Waals surface area (Å²) < 4.78 is 11.8. The molecule has 1 spiro atoms. The Morgan fingerprint density at radius 3 is 2.53 bits per heavy atom. The first kappa shape index (κ1) is 11.9. The lowest BCUT2D eigenvalue weighted by Gasteiger charge is -2.49. The molecule has 4 rings (SSSR count). The Labute approximate surface area is 102 Å². The van der Waals surface area contributed by atoms with Crippen molar-refractivity contribution in [2.75, 3.05) is 32.9 Å². The zero-order valence-electron chi connectivity index (χ0n) is 10.2. The maximum absolute atomic E-state index is 9.01. The van der Waals surface area contributed by atoms with Crippen molar-refractivity contribution in [3.63, 3.8) is 0 Å². The molecule has 0 aromatic carbocycles. The highest BCUT2D eigenvalue weighted by Gasteiger charge is 2.73. The van der Waals surface area contributed by atoms with Crippen molar-refractivity contribution in [2.24, 2.45) is 5.73 Å². The van der Waals surface area contributed by atoms with Gasteiger partial charge in [0.1, 0.15) is 0 Å². The number of rotatable bonds is 4. The first-order chi connectivity index (χ1) is 8.20. The quantitative estimate of drug-likeness (QED) is 0.612. The van der Waals surface area contributed by atoms with Gasteiger partial charge in [0.05, 0.1) is 23.3 Å². The van der Waals surface area contributed by atoms with Crippen LogP contribution in [0.4, 0.5) is 0 Å². The lowest BCUT2D eigenvalue weighted by molar-refractivity contribution is -0.114. The number of nitrogens with one attached hydrogen (secondary N) is 1. The first-order valence-corrected chi connectivity index (χ1v) is 6.54. The van der Waals surface area contributed by atoms with Gasteiger partial charge >= 0.3 is 0 Å². The molecule has 3 heterocycles. The molecule has 4 N–H and O–H groups in total. The highest BCUT2D eigenvalue weighted by molar-refractivity contribution is 5.28. The average Bonchev–Trinajstić information content (AvgIpc) is 2.71. The van der Waals surface area contributed by atoms with Gasteiger partial charge in [-0.05, 0) is 12.8 Å². The normalized spacial score (nSPS) is 42.7. The lowest BCUT2D eigenvalue weighted by Crippen LogP contribution is -2.67. The second-order valence-electron chi connectivity index (χ2n) is 5.68. The monoisotopic (exact) mass is 242 g/mol. The third-order valence-corrected chi connectivity index (χ3v) is 4.78. The van der Waals surface area contributed by atoms with Gasteiger partial charge in [-0.1, -0.05) is 0 Å². The zero-order valence-corrected chi connectivity index (χ0v) is 10.2. The Kier molecular flexibility index (Phi) is 2.72. The van der Waals surface area contributed by atoms with Crippen LogP contribution in [0.2, 0.25) is 0 Å². The SMILES string of the molecule is NCC12CC(NCCO)(C1)C1(CCOCC1)O2. The van der Waals surface area contributed by atoms with Crippen LogP contribution in [0, 0.1) is 0 Å². The molecule has 0 aromatic rings. The summed E-state index contributed by atoms with van der Waals surface area (Å²) in [6.07, 6.45) is 3.84. The molecule has 17 heavy (non-hydrogen) atoms. The van der Waals surface area contributed by atoms with E-state index in [1.165, 1.54) is 0 Å². The predicted molar refractivity (Wildman–Crippen MR) is 62.7 cm³/mol. The highest BCUT2D eigenvalue weighted by atomic mass is 16.6. The van der Waals surface area contributed by atoms with Crippen LogP contribution >= 0.6 is 0 Å². The predicted octanol–water partition coefficient (Wildman–Crippen LogP) is -0.622. The van der Waals surface area contributed by atoms with Crippen LogP contribution < -0.4 is 11.1 Å². The smallest absolute Gasteiger partial charge is 0.0917 e. The summed E-state index contributed by atoms with van der Waals surface area (Å²) in [5.41, 5.74) is 5.65. The molecule has 0 aromatic heterocycles. The molecule has 1 aliphatic carbocycles. The molecule has 3 saturated heterocycles. The van der Waals surface area contributed by atoms with Crippen molar-refractivity contribution in [2.45, 2.75) is 42.4 Å². The van der Waals surface area contributed by atoms with Crippen molar-refractivity contribution >= 4 is 0 Å². The molecule has 1 saturated carbocycles. The van der Waals surface area contributed by atoms with Gasteiger partial charge < -0.3 is 25.6 Å². The Balaban J connectivity index is 1.81. The van der Waals surface area contributed by atoms with E-state index in [0.717, 1.165) is 38.9 Å². The number of hydrogen-bond donors (Lipinski definition) is 3. The summed E-state index contributed by atoms with van der Waals surface area (Å²) in [6.45, 7) is 2.93. The molecular weight excluding hydrogens is 220 g/mol. The van der Waals surface area contributed by atoms with Crippen molar-refractivity contribution in [1.29, 1.82) is 0 Å². The fourth-order valence-corrected chi connectivity index (χ4v) is 4.00. The maximum atomic E-state index is 9.01. The maximum Gasteiger partial charge on any atom is 0.0917 e. The summed E-state index contributed by atoms with van der Waals surface area (Å²) >= 11 is 0. The average molecular weight is 242 g/mol. The van der Waals surface area contributed by atoms with E-state index in [0.29, 0.717) is 13.1 Å². The van der Waals surface area contributed by atoms with Gasteiger partial charge in [-0.3, -0.25) is 0 Å². The number of β-amino-alcohol motifs (C(OH)–C–C–N with tert-alkyl or cyclic N) is 1. The van der Waals surface area contributed by atoms with E-state index < -0.39 is 0 Å². The number of nitrogens with two attached hydrogens (primary N) is 1. The summed E-state index contributed by atoms with van der Waals surface area (Å²) in [5.74, 6) is 0. The number of aliphatic hydroxyl groups excluding tert-OH is 1. The molecular formula is C12H22N2O3. The van der Waals surface area contributed by atoms with Crippen LogP contribution in [0.5, 0.6) is 0 Å². The standard InChI is InChI=1S/C12H22N2O3/c13-9-10-7-11(8-10,14-3-4-15)12(17-10)1-5-16-6-2-12/h14-15H,1-9,13H2. The van der Waals surface area contributed by atoms with Crippen LogP contribution in [-0.2, 0) is 9.47 Å².